The number of hydrogen-bond acceptors (Lipinski definition) is 5. The van der Waals surface area contributed by atoms with Crippen LogP contribution in [0.2, 0.25) is 0 Å². The topological polar surface area (TPSA) is 86.6 Å². The minimum absolute atomic E-state index is 0.342. The number of nitrogens with zero attached hydrogens (tertiary/aromatic N) is 1. The molecule has 0 spiro atoms. The number of rotatable bonds is 6. The Hall–Kier alpha value is -4.13. The molecule has 1 aromatic heterocycles. The molecule has 0 unspecified atom stereocenters. The molecule has 164 valence electrons. The molecule has 0 atom stereocenters. The highest BCUT2D eigenvalue weighted by molar-refractivity contribution is 5.99. The Morgan fingerprint density at radius 1 is 0.844 bits per heavy atom. The molecule has 0 fully saturated rings. The molecular weight excluding hydrogens is 408 g/mol. The monoisotopic (exact) mass is 432 g/mol. The van der Waals surface area contributed by atoms with E-state index >= 15 is 0 Å². The Bertz CT molecular complexity index is 1190. The number of aryl methyl sites for hydroxylation is 2. The SMILES string of the molecule is COC(=O)c1cccc(/C=C/NC(=O)c2ccc(C(=O)OC)c(-n3c(C)ccc3C)c2)c1. The van der Waals surface area contributed by atoms with Crippen molar-refractivity contribution in [2.45, 2.75) is 13.8 Å². The van der Waals surface area contributed by atoms with Crippen molar-refractivity contribution in [2.24, 2.45) is 0 Å². The highest BCUT2D eigenvalue weighted by Crippen LogP contribution is 2.23. The molecule has 0 aliphatic heterocycles. The van der Waals surface area contributed by atoms with Gasteiger partial charge in [0.05, 0.1) is 31.0 Å². The van der Waals surface area contributed by atoms with Crippen molar-refractivity contribution in [3.05, 3.63) is 94.4 Å². The van der Waals surface area contributed by atoms with Gasteiger partial charge in [0.2, 0.25) is 0 Å². The first-order valence-corrected chi connectivity index (χ1v) is 9.89. The summed E-state index contributed by atoms with van der Waals surface area (Å²) in [5, 5.41) is 2.71. The van der Waals surface area contributed by atoms with Gasteiger partial charge in [0, 0.05) is 23.2 Å². The Kier molecular flexibility index (Phi) is 6.90. The van der Waals surface area contributed by atoms with E-state index in [1.54, 1.807) is 48.5 Å². The van der Waals surface area contributed by atoms with Crippen LogP contribution in [0.1, 0.15) is 48.0 Å². The Balaban J connectivity index is 1.86. The van der Waals surface area contributed by atoms with E-state index in [0.717, 1.165) is 17.0 Å². The maximum atomic E-state index is 12.7. The van der Waals surface area contributed by atoms with Crippen LogP contribution in [-0.2, 0) is 9.47 Å². The second-order valence-corrected chi connectivity index (χ2v) is 7.10. The van der Waals surface area contributed by atoms with Gasteiger partial charge in [0.15, 0.2) is 0 Å². The number of amides is 1. The predicted molar refractivity (Wildman–Crippen MR) is 121 cm³/mol. The molecule has 3 aromatic rings. The molecule has 1 amide bonds. The lowest BCUT2D eigenvalue weighted by Gasteiger charge is -2.15. The van der Waals surface area contributed by atoms with Crippen molar-refractivity contribution in [2.75, 3.05) is 14.2 Å². The van der Waals surface area contributed by atoms with Crippen molar-refractivity contribution in [1.82, 2.24) is 9.88 Å². The van der Waals surface area contributed by atoms with Crippen LogP contribution in [0.3, 0.4) is 0 Å². The number of benzene rings is 2. The van der Waals surface area contributed by atoms with Crippen molar-refractivity contribution in [3.63, 3.8) is 0 Å². The predicted octanol–water partition coefficient (Wildman–Crippen LogP) is 4.07. The molecule has 1 heterocycles. The van der Waals surface area contributed by atoms with Crippen LogP contribution in [0.5, 0.6) is 0 Å². The normalized spacial score (nSPS) is 10.8. The zero-order chi connectivity index (χ0) is 23.3. The van der Waals surface area contributed by atoms with Gasteiger partial charge in [-0.3, -0.25) is 4.79 Å². The molecule has 2 aromatic carbocycles. The van der Waals surface area contributed by atoms with E-state index in [2.05, 4.69) is 5.32 Å². The lowest BCUT2D eigenvalue weighted by Crippen LogP contribution is -2.18. The molecule has 1 N–H and O–H groups in total. The number of ether oxygens (including phenoxy) is 2. The number of esters is 2. The van der Waals surface area contributed by atoms with Crippen LogP contribution in [-0.4, -0.2) is 36.6 Å². The number of nitrogens with one attached hydrogen (secondary N) is 1. The van der Waals surface area contributed by atoms with Crippen molar-refractivity contribution < 1.29 is 23.9 Å². The van der Waals surface area contributed by atoms with E-state index in [1.165, 1.54) is 20.4 Å². The molecule has 7 nitrogen and oxygen atoms in total. The van der Waals surface area contributed by atoms with Crippen LogP contribution >= 0.6 is 0 Å². The van der Waals surface area contributed by atoms with Crippen LogP contribution in [0.4, 0.5) is 0 Å². The third-order valence-corrected chi connectivity index (χ3v) is 4.98. The molecule has 0 aliphatic carbocycles. The largest absolute Gasteiger partial charge is 0.465 e. The van der Waals surface area contributed by atoms with Crippen LogP contribution < -0.4 is 5.32 Å². The Labute approximate surface area is 186 Å². The summed E-state index contributed by atoms with van der Waals surface area (Å²) in [7, 11) is 2.64. The highest BCUT2D eigenvalue weighted by atomic mass is 16.5. The summed E-state index contributed by atoms with van der Waals surface area (Å²) in [5.41, 5.74) is 4.31. The smallest absolute Gasteiger partial charge is 0.339 e. The lowest BCUT2D eigenvalue weighted by atomic mass is 10.1. The van der Waals surface area contributed by atoms with Crippen molar-refractivity contribution >= 4 is 23.9 Å². The molecular formula is C25H24N2O5. The highest BCUT2D eigenvalue weighted by Gasteiger charge is 2.18. The molecule has 7 heteroatoms. The van der Waals surface area contributed by atoms with Gasteiger partial charge in [-0.05, 0) is 68.0 Å². The number of methoxy groups -OCH3 is 2. The third-order valence-electron chi connectivity index (χ3n) is 4.98. The third kappa shape index (κ3) is 4.78. The summed E-state index contributed by atoms with van der Waals surface area (Å²) in [5.74, 6) is -1.26. The van der Waals surface area contributed by atoms with E-state index in [0.29, 0.717) is 22.4 Å². The number of hydrogen-bond donors (Lipinski definition) is 1. The minimum atomic E-state index is -0.482. The maximum absolute atomic E-state index is 12.7. The summed E-state index contributed by atoms with van der Waals surface area (Å²) in [6.45, 7) is 3.85. The van der Waals surface area contributed by atoms with E-state index in [-0.39, 0.29) is 5.91 Å². The van der Waals surface area contributed by atoms with Crippen LogP contribution in [0, 0.1) is 13.8 Å². The first-order valence-electron chi connectivity index (χ1n) is 9.89. The van der Waals surface area contributed by atoms with Crippen LogP contribution in [0.15, 0.2) is 60.8 Å². The lowest BCUT2D eigenvalue weighted by molar-refractivity contribution is 0.0591. The second-order valence-electron chi connectivity index (χ2n) is 7.10. The van der Waals surface area contributed by atoms with Gasteiger partial charge in [-0.2, -0.15) is 0 Å². The average Bonchev–Trinajstić information content (AvgIpc) is 3.15. The van der Waals surface area contributed by atoms with Gasteiger partial charge < -0.3 is 19.4 Å². The fourth-order valence-corrected chi connectivity index (χ4v) is 3.37. The van der Waals surface area contributed by atoms with Crippen molar-refractivity contribution in [1.29, 1.82) is 0 Å². The fraction of sp³-hybridized carbons (Fsp3) is 0.160. The summed E-state index contributed by atoms with van der Waals surface area (Å²) in [6.07, 6.45) is 3.17. The van der Waals surface area contributed by atoms with Gasteiger partial charge in [-0.25, -0.2) is 9.59 Å². The molecule has 0 radical (unpaired) electrons. The summed E-state index contributed by atoms with van der Waals surface area (Å²) < 4.78 is 11.5. The first kappa shape index (κ1) is 22.6. The molecule has 3 rings (SSSR count). The van der Waals surface area contributed by atoms with Crippen molar-refractivity contribution in [3.8, 4) is 5.69 Å². The standard InChI is InChI=1S/C25H24N2O5/c1-16-8-9-17(2)27(16)22-15-19(10-11-21(22)25(30)32-4)23(28)26-13-12-18-6-5-7-20(14-18)24(29)31-3/h5-15H,1-4H3,(H,26,28)/b13-12+. The minimum Gasteiger partial charge on any atom is -0.465 e. The fourth-order valence-electron chi connectivity index (χ4n) is 3.37. The number of carbonyl (C=O) groups excluding carboxylic acids is 3. The molecule has 0 aliphatic rings. The van der Waals surface area contributed by atoms with E-state index < -0.39 is 11.9 Å². The van der Waals surface area contributed by atoms with Crippen LogP contribution in [0.25, 0.3) is 11.8 Å². The molecule has 32 heavy (non-hydrogen) atoms. The van der Waals surface area contributed by atoms with Gasteiger partial charge in [0.1, 0.15) is 0 Å². The maximum Gasteiger partial charge on any atom is 0.339 e. The van der Waals surface area contributed by atoms with Gasteiger partial charge in [0.25, 0.3) is 5.91 Å². The van der Waals surface area contributed by atoms with E-state index in [1.807, 2.05) is 30.5 Å². The van der Waals surface area contributed by atoms with E-state index in [9.17, 15) is 14.4 Å². The second kappa shape index (κ2) is 9.78. The zero-order valence-corrected chi connectivity index (χ0v) is 18.3. The Morgan fingerprint density at radius 2 is 1.53 bits per heavy atom. The number of carbonyl (C=O) groups is 3. The number of aromatic nitrogens is 1. The van der Waals surface area contributed by atoms with Gasteiger partial charge >= 0.3 is 11.9 Å². The summed E-state index contributed by atoms with van der Waals surface area (Å²) in [6, 6.07) is 15.5. The summed E-state index contributed by atoms with van der Waals surface area (Å²) in [4.78, 5) is 36.7. The van der Waals surface area contributed by atoms with Gasteiger partial charge in [-0.1, -0.05) is 12.1 Å². The molecule has 0 saturated heterocycles. The first-order chi connectivity index (χ1) is 15.3. The average molecular weight is 432 g/mol. The zero-order valence-electron chi connectivity index (χ0n) is 18.3. The Morgan fingerprint density at radius 3 is 2.19 bits per heavy atom. The van der Waals surface area contributed by atoms with Gasteiger partial charge in [-0.15, -0.1) is 0 Å². The molecule has 0 bridgehead atoms. The van der Waals surface area contributed by atoms with E-state index in [4.69, 9.17) is 9.47 Å². The quantitative estimate of drug-likeness (QED) is 0.594. The summed E-state index contributed by atoms with van der Waals surface area (Å²) >= 11 is 0. The molecule has 0 saturated carbocycles.